The lowest BCUT2D eigenvalue weighted by atomic mass is 10.1. The summed E-state index contributed by atoms with van der Waals surface area (Å²) >= 11 is 0. The van der Waals surface area contributed by atoms with Gasteiger partial charge in [-0.2, -0.15) is 0 Å². The Morgan fingerprint density at radius 2 is 2.07 bits per heavy atom. The third-order valence-corrected chi connectivity index (χ3v) is 1.68. The van der Waals surface area contributed by atoms with Gasteiger partial charge in [0.25, 0.3) is 0 Å². The highest BCUT2D eigenvalue weighted by Crippen LogP contribution is 2.05. The molecule has 0 amide bonds. The second-order valence-corrected chi connectivity index (χ2v) is 2.78. The van der Waals surface area contributed by atoms with Crippen LogP contribution in [0.15, 0.2) is 0 Å². The van der Waals surface area contributed by atoms with Gasteiger partial charge < -0.3 is 5.32 Å². The van der Waals surface area contributed by atoms with Crippen LogP contribution in [0.3, 0.4) is 0 Å². The van der Waals surface area contributed by atoms with Gasteiger partial charge in [-0.1, -0.05) is 5.10 Å². The Morgan fingerprint density at radius 3 is 2.50 bits per heavy atom. The summed E-state index contributed by atoms with van der Waals surface area (Å²) in [5, 5.41) is 14.0. The predicted molar refractivity (Wildman–Crippen MR) is 53.1 cm³/mol. The lowest BCUT2D eigenvalue weighted by Crippen LogP contribution is -2.20. The second-order valence-electron chi connectivity index (χ2n) is 2.78. The normalized spacial score (nSPS) is 9.43. The van der Waals surface area contributed by atoms with Crippen LogP contribution in [0, 0.1) is 24.7 Å². The fraction of sp³-hybridized carbons (Fsp3) is 0.444. The first-order valence-electron chi connectivity index (χ1n) is 4.13. The summed E-state index contributed by atoms with van der Waals surface area (Å²) in [5.74, 6) is 5.67. The van der Waals surface area contributed by atoms with Crippen LogP contribution in [0.4, 0.5) is 5.95 Å². The zero-order chi connectivity index (χ0) is 10.4. The molecule has 0 aliphatic heterocycles. The van der Waals surface area contributed by atoms with E-state index in [9.17, 15) is 0 Å². The maximum Gasteiger partial charge on any atom is 0.242 e. The molecule has 0 aliphatic carbocycles. The highest BCUT2D eigenvalue weighted by molar-refractivity contribution is 5.25. The Kier molecular flexibility index (Phi) is 3.51. The molecule has 1 heterocycles. The molecule has 1 aromatic rings. The lowest BCUT2D eigenvalue weighted by Gasteiger charge is -2.12. The number of terminal acetylenes is 2. The van der Waals surface area contributed by atoms with Gasteiger partial charge in [-0.05, 0) is 10.4 Å². The van der Waals surface area contributed by atoms with Gasteiger partial charge in [0.1, 0.15) is 0 Å². The van der Waals surface area contributed by atoms with Crippen molar-refractivity contribution < 1.29 is 0 Å². The predicted octanol–water partition coefficient (Wildman–Crippen LogP) is 0.0372. The minimum absolute atomic E-state index is 0.0229. The van der Waals surface area contributed by atoms with Crippen molar-refractivity contribution in [3.05, 3.63) is 0 Å². The molecular formula is C9H11N5. The van der Waals surface area contributed by atoms with Crippen molar-refractivity contribution in [1.82, 2.24) is 20.2 Å². The largest absolute Gasteiger partial charge is 0.348 e. The number of rotatable bonds is 4. The van der Waals surface area contributed by atoms with Gasteiger partial charge in [-0.25, -0.2) is 4.68 Å². The van der Waals surface area contributed by atoms with E-state index in [2.05, 4.69) is 32.7 Å². The van der Waals surface area contributed by atoms with Gasteiger partial charge in [0.15, 0.2) is 0 Å². The molecule has 0 saturated carbocycles. The van der Waals surface area contributed by atoms with Gasteiger partial charge in [-0.15, -0.1) is 24.7 Å². The molecule has 72 valence electrons. The smallest absolute Gasteiger partial charge is 0.242 e. The molecular weight excluding hydrogens is 178 g/mol. The molecule has 1 aromatic heterocycles. The quantitative estimate of drug-likeness (QED) is 0.679. The zero-order valence-corrected chi connectivity index (χ0v) is 7.94. The number of hydrogen-bond acceptors (Lipinski definition) is 4. The maximum absolute atomic E-state index is 5.21. The van der Waals surface area contributed by atoms with Crippen molar-refractivity contribution in [2.24, 2.45) is 7.05 Å². The first kappa shape index (κ1) is 10.1. The molecule has 0 aromatic carbocycles. The Balaban J connectivity index is 2.61. The molecule has 0 aliphatic rings. The molecule has 5 nitrogen and oxygen atoms in total. The Labute approximate surface area is 82.9 Å². The van der Waals surface area contributed by atoms with Gasteiger partial charge in [0.05, 0.1) is 6.04 Å². The molecule has 0 unspecified atom stereocenters. The average Bonchev–Trinajstić information content (AvgIpc) is 2.53. The van der Waals surface area contributed by atoms with Gasteiger partial charge >= 0.3 is 0 Å². The lowest BCUT2D eigenvalue weighted by molar-refractivity contribution is 0.694. The van der Waals surface area contributed by atoms with Crippen molar-refractivity contribution in [3.63, 3.8) is 0 Å². The standard InChI is InChI=1S/C9H11N5/c1-4-6-8(7-5-2)10-9-11-12-13-14(9)3/h1-2,8H,6-7H2,3H3,(H,10,11,13). The van der Waals surface area contributed by atoms with E-state index in [0.29, 0.717) is 18.8 Å². The number of tetrazole rings is 1. The number of aromatic nitrogens is 4. The van der Waals surface area contributed by atoms with E-state index >= 15 is 0 Å². The van der Waals surface area contributed by atoms with Crippen LogP contribution in [0.1, 0.15) is 12.8 Å². The van der Waals surface area contributed by atoms with E-state index in [0.717, 1.165) is 0 Å². The molecule has 0 atom stereocenters. The van der Waals surface area contributed by atoms with Crippen molar-refractivity contribution in [2.45, 2.75) is 18.9 Å². The highest BCUT2D eigenvalue weighted by Gasteiger charge is 2.09. The Morgan fingerprint density at radius 1 is 1.43 bits per heavy atom. The number of nitrogens with zero attached hydrogens (tertiary/aromatic N) is 4. The van der Waals surface area contributed by atoms with Crippen LogP contribution >= 0.6 is 0 Å². The van der Waals surface area contributed by atoms with Crippen molar-refractivity contribution >= 4 is 5.95 Å². The van der Waals surface area contributed by atoms with Crippen molar-refractivity contribution in [2.75, 3.05) is 5.32 Å². The van der Waals surface area contributed by atoms with Crippen LogP contribution in [0.5, 0.6) is 0 Å². The summed E-state index contributed by atoms with van der Waals surface area (Å²) in [7, 11) is 1.74. The van der Waals surface area contributed by atoms with Crippen LogP contribution in [-0.2, 0) is 7.05 Å². The van der Waals surface area contributed by atoms with E-state index < -0.39 is 0 Å². The van der Waals surface area contributed by atoms with Crippen LogP contribution in [0.2, 0.25) is 0 Å². The fourth-order valence-electron chi connectivity index (χ4n) is 0.993. The molecule has 5 heteroatoms. The Hall–Kier alpha value is -2.01. The molecule has 0 saturated heterocycles. The third kappa shape index (κ3) is 2.49. The summed E-state index contributed by atoms with van der Waals surface area (Å²) in [6.45, 7) is 0. The van der Waals surface area contributed by atoms with E-state index in [-0.39, 0.29) is 6.04 Å². The minimum Gasteiger partial charge on any atom is -0.348 e. The number of nitrogens with one attached hydrogen (secondary N) is 1. The van der Waals surface area contributed by atoms with E-state index in [1.807, 2.05) is 0 Å². The van der Waals surface area contributed by atoms with Crippen LogP contribution < -0.4 is 5.32 Å². The van der Waals surface area contributed by atoms with E-state index in [1.54, 1.807) is 7.05 Å². The summed E-state index contributed by atoms with van der Waals surface area (Å²) in [5.41, 5.74) is 0. The van der Waals surface area contributed by atoms with Gasteiger partial charge in [0, 0.05) is 19.9 Å². The summed E-state index contributed by atoms with van der Waals surface area (Å²) in [6, 6.07) is 0.0229. The fourth-order valence-corrected chi connectivity index (χ4v) is 0.993. The maximum atomic E-state index is 5.21. The van der Waals surface area contributed by atoms with Gasteiger partial charge in [-0.3, -0.25) is 0 Å². The molecule has 0 bridgehead atoms. The highest BCUT2D eigenvalue weighted by atomic mass is 15.6. The number of hydrogen-bond donors (Lipinski definition) is 1. The monoisotopic (exact) mass is 189 g/mol. The molecule has 1 rings (SSSR count). The van der Waals surface area contributed by atoms with Crippen LogP contribution in [0.25, 0.3) is 0 Å². The topological polar surface area (TPSA) is 55.6 Å². The SMILES string of the molecule is C#CCC(CC#C)Nc1nnnn1C. The first-order chi connectivity index (χ1) is 6.77. The van der Waals surface area contributed by atoms with E-state index in [4.69, 9.17) is 12.8 Å². The molecule has 1 N–H and O–H groups in total. The summed E-state index contributed by atoms with van der Waals surface area (Å²) in [6.07, 6.45) is 11.5. The molecule has 0 fully saturated rings. The van der Waals surface area contributed by atoms with Crippen molar-refractivity contribution in [3.8, 4) is 24.7 Å². The van der Waals surface area contributed by atoms with E-state index in [1.165, 1.54) is 4.68 Å². The summed E-state index contributed by atoms with van der Waals surface area (Å²) in [4.78, 5) is 0. The van der Waals surface area contributed by atoms with Crippen LogP contribution in [-0.4, -0.2) is 26.2 Å². The third-order valence-electron chi connectivity index (χ3n) is 1.68. The Bertz CT molecular complexity index is 351. The molecule has 14 heavy (non-hydrogen) atoms. The average molecular weight is 189 g/mol. The number of anilines is 1. The minimum atomic E-state index is 0.0229. The van der Waals surface area contributed by atoms with Gasteiger partial charge in [0.2, 0.25) is 5.95 Å². The molecule has 0 spiro atoms. The summed E-state index contributed by atoms with van der Waals surface area (Å²) < 4.78 is 1.53. The zero-order valence-electron chi connectivity index (χ0n) is 7.94. The van der Waals surface area contributed by atoms with Crippen molar-refractivity contribution in [1.29, 1.82) is 0 Å². The first-order valence-corrected chi connectivity index (χ1v) is 4.13. The molecule has 0 radical (unpaired) electrons. The second kappa shape index (κ2) is 4.88. The number of aryl methyl sites for hydroxylation is 1.